The van der Waals surface area contributed by atoms with Crippen molar-refractivity contribution in [3.05, 3.63) is 92.3 Å². The minimum Gasteiger partial charge on any atom is -0.503 e. The quantitative estimate of drug-likeness (QED) is 0.0875. The number of benzene rings is 2. The summed E-state index contributed by atoms with van der Waals surface area (Å²) in [7, 11) is 0. The molecule has 43 heavy (non-hydrogen) atoms. The third kappa shape index (κ3) is 6.90. The summed E-state index contributed by atoms with van der Waals surface area (Å²) in [5.41, 5.74) is 1.49. The molecule has 1 amide bonds. The zero-order chi connectivity index (χ0) is 30.5. The Morgan fingerprint density at radius 2 is 1.93 bits per heavy atom. The van der Waals surface area contributed by atoms with Crippen molar-refractivity contribution in [3.63, 3.8) is 0 Å². The summed E-state index contributed by atoms with van der Waals surface area (Å²) < 4.78 is 12.5. The molecule has 0 fully saturated rings. The fourth-order valence-corrected chi connectivity index (χ4v) is 7.32. The zero-order valence-corrected chi connectivity index (χ0v) is 27.0. The Morgan fingerprint density at radius 3 is 2.65 bits per heavy atom. The van der Waals surface area contributed by atoms with Crippen LogP contribution in [0, 0.1) is 5.92 Å². The number of anilines is 1. The van der Waals surface area contributed by atoms with Crippen molar-refractivity contribution in [2.75, 3.05) is 18.1 Å². The Hall–Kier alpha value is -3.38. The fraction of sp³-hybridized carbons (Fsp3) is 0.290. The maximum absolute atomic E-state index is 13.7. The fourth-order valence-electron chi connectivity index (χ4n) is 4.49. The number of hydrogen-bond acceptors (Lipinski definition) is 10. The van der Waals surface area contributed by atoms with Crippen molar-refractivity contribution in [1.82, 2.24) is 10.2 Å². The second-order valence-corrected chi connectivity index (χ2v) is 13.6. The maximum Gasteiger partial charge on any atom is 0.296 e. The number of rotatable bonds is 13. The second-order valence-electron chi connectivity index (χ2n) is 10.0. The highest BCUT2D eigenvalue weighted by molar-refractivity contribution is 8.00. The number of hydrogen-bond donors (Lipinski definition) is 1. The van der Waals surface area contributed by atoms with Gasteiger partial charge in [-0.15, -0.1) is 21.5 Å². The molecule has 2 aromatic carbocycles. The van der Waals surface area contributed by atoms with Gasteiger partial charge >= 0.3 is 0 Å². The number of aliphatic hydroxyl groups is 1. The van der Waals surface area contributed by atoms with Crippen LogP contribution in [0.5, 0.6) is 11.5 Å². The van der Waals surface area contributed by atoms with Gasteiger partial charge in [0.15, 0.2) is 21.6 Å². The highest BCUT2D eigenvalue weighted by atomic mass is 35.5. The number of thiophene rings is 1. The Bertz CT molecular complexity index is 1640. The van der Waals surface area contributed by atoms with Gasteiger partial charge in [0.25, 0.3) is 5.91 Å². The molecule has 0 aliphatic carbocycles. The summed E-state index contributed by atoms with van der Waals surface area (Å²) in [6, 6.07) is 15.3. The lowest BCUT2D eigenvalue weighted by Gasteiger charge is -2.25. The number of aromatic nitrogens is 2. The molecule has 12 heteroatoms. The number of carbonyl (C=O) groups excluding carboxylic acids is 2. The third-order valence-electron chi connectivity index (χ3n) is 6.64. The highest BCUT2D eigenvalue weighted by Gasteiger charge is 2.46. The Morgan fingerprint density at radius 1 is 1.12 bits per heavy atom. The molecule has 1 N–H and O–H groups in total. The van der Waals surface area contributed by atoms with Crippen molar-refractivity contribution in [2.45, 2.75) is 43.3 Å². The van der Waals surface area contributed by atoms with Crippen molar-refractivity contribution in [1.29, 1.82) is 0 Å². The maximum atomic E-state index is 13.7. The molecule has 4 aromatic rings. The number of thioether (sulfide) groups is 1. The lowest BCUT2D eigenvalue weighted by atomic mass is 9.95. The van der Waals surface area contributed by atoms with Gasteiger partial charge in [-0.05, 0) is 60.0 Å². The van der Waals surface area contributed by atoms with Gasteiger partial charge in [0.1, 0.15) is 0 Å². The summed E-state index contributed by atoms with van der Waals surface area (Å²) >= 11 is 10.2. The molecular weight excluding hydrogens is 626 g/mol. The van der Waals surface area contributed by atoms with Crippen LogP contribution in [0.2, 0.25) is 5.02 Å². The van der Waals surface area contributed by atoms with Gasteiger partial charge in [0.2, 0.25) is 10.9 Å². The Labute approximate surface area is 267 Å². The first kappa shape index (κ1) is 31.1. The molecule has 8 nitrogen and oxygen atoms in total. The lowest BCUT2D eigenvalue weighted by molar-refractivity contribution is -0.117. The van der Waals surface area contributed by atoms with Crippen LogP contribution in [-0.2, 0) is 10.5 Å². The number of halogens is 1. The van der Waals surface area contributed by atoms with Gasteiger partial charge in [-0.25, -0.2) is 0 Å². The van der Waals surface area contributed by atoms with Crippen LogP contribution in [-0.4, -0.2) is 40.2 Å². The van der Waals surface area contributed by atoms with E-state index in [0.717, 1.165) is 12.0 Å². The summed E-state index contributed by atoms with van der Waals surface area (Å²) in [5.74, 6) is 0.327. The minimum atomic E-state index is -0.958. The van der Waals surface area contributed by atoms with Gasteiger partial charge in [-0.3, -0.25) is 14.5 Å². The number of aliphatic hydroxyl groups excluding tert-OH is 1. The van der Waals surface area contributed by atoms with Crippen molar-refractivity contribution in [2.24, 2.45) is 5.92 Å². The van der Waals surface area contributed by atoms with Crippen LogP contribution in [0.15, 0.2) is 75.6 Å². The monoisotopic (exact) mass is 655 g/mol. The number of ketones is 1. The van der Waals surface area contributed by atoms with Gasteiger partial charge in [0, 0.05) is 10.8 Å². The van der Waals surface area contributed by atoms with Crippen LogP contribution in [0.1, 0.15) is 54.0 Å². The average Bonchev–Trinajstić information content (AvgIpc) is 3.74. The first-order valence-electron chi connectivity index (χ1n) is 13.7. The summed E-state index contributed by atoms with van der Waals surface area (Å²) in [6.45, 7) is 7.03. The molecule has 3 heterocycles. The van der Waals surface area contributed by atoms with Crippen molar-refractivity contribution >= 4 is 62.9 Å². The van der Waals surface area contributed by atoms with E-state index in [1.807, 2.05) is 31.2 Å². The Balaban J connectivity index is 1.51. The first-order valence-corrected chi connectivity index (χ1v) is 16.8. The molecule has 1 atom stereocenters. The van der Waals surface area contributed by atoms with E-state index in [-0.39, 0.29) is 10.7 Å². The SMILES string of the molecule is CCOc1cc(C2C(C(=O)c3cccs3)=C(O)C(=O)N2c2nnc(SCc3ccccc3Cl)s2)ccc1OCCC(C)C. The van der Waals surface area contributed by atoms with Gasteiger partial charge in [0.05, 0.1) is 29.7 Å². The van der Waals surface area contributed by atoms with Crippen LogP contribution >= 0.6 is 46.0 Å². The summed E-state index contributed by atoms with van der Waals surface area (Å²) in [5, 5.41) is 22.4. The van der Waals surface area contributed by atoms with Crippen LogP contribution in [0.25, 0.3) is 0 Å². The molecule has 2 aromatic heterocycles. The number of ether oxygens (including phenoxy) is 2. The van der Waals surface area contributed by atoms with Crippen molar-refractivity contribution in [3.8, 4) is 11.5 Å². The molecule has 0 saturated carbocycles. The third-order valence-corrected chi connectivity index (χ3v) is 9.99. The van der Waals surface area contributed by atoms with E-state index in [0.29, 0.717) is 56.2 Å². The van der Waals surface area contributed by atoms with Gasteiger partial charge in [-0.1, -0.05) is 78.9 Å². The molecule has 224 valence electrons. The lowest BCUT2D eigenvalue weighted by Crippen LogP contribution is -2.31. The zero-order valence-electron chi connectivity index (χ0n) is 23.8. The molecule has 1 aliphatic rings. The smallest absolute Gasteiger partial charge is 0.296 e. The number of carbonyl (C=O) groups is 2. The molecule has 0 saturated heterocycles. The number of Topliss-reactive ketones (excluding diaryl/α,β-unsaturated/α-hetero) is 1. The van der Waals surface area contributed by atoms with Gasteiger partial charge in [-0.2, -0.15) is 0 Å². The molecule has 0 radical (unpaired) electrons. The largest absolute Gasteiger partial charge is 0.503 e. The van der Waals surface area contributed by atoms with Crippen LogP contribution in [0.4, 0.5) is 5.13 Å². The molecule has 1 unspecified atom stereocenters. The molecule has 5 rings (SSSR count). The molecule has 0 bridgehead atoms. The van der Waals surface area contributed by atoms with Gasteiger partial charge < -0.3 is 14.6 Å². The summed E-state index contributed by atoms with van der Waals surface area (Å²) in [6.07, 6.45) is 0.877. The minimum absolute atomic E-state index is 0.0242. The van der Waals surface area contributed by atoms with E-state index in [4.69, 9.17) is 21.1 Å². The molecule has 0 spiro atoms. The van der Waals surface area contributed by atoms with E-state index in [2.05, 4.69) is 24.0 Å². The normalized spacial score (nSPS) is 15.0. The van der Waals surface area contributed by atoms with E-state index in [9.17, 15) is 14.7 Å². The average molecular weight is 656 g/mol. The van der Waals surface area contributed by atoms with E-state index in [1.54, 1.807) is 35.7 Å². The molecular formula is C31H30ClN3O5S3. The Kier molecular flexibility index (Phi) is 10.1. The van der Waals surface area contributed by atoms with E-state index >= 15 is 0 Å². The topological polar surface area (TPSA) is 102 Å². The predicted octanol–water partition coefficient (Wildman–Crippen LogP) is 8.15. The van der Waals surface area contributed by atoms with E-state index < -0.39 is 23.5 Å². The standard InChI is InChI=1S/C31H30ClN3O5S3/c1-4-39-23-16-19(11-12-22(23)40-14-13-18(2)3)26-25(27(36)24-10-7-15-41-24)28(37)29(38)35(26)30-33-34-31(43-30)42-17-20-8-5-6-9-21(20)32/h5-12,15-16,18,26,37H,4,13-14,17H2,1-3H3. The first-order chi connectivity index (χ1) is 20.8. The predicted molar refractivity (Wildman–Crippen MR) is 172 cm³/mol. The van der Waals surface area contributed by atoms with Crippen LogP contribution < -0.4 is 14.4 Å². The van der Waals surface area contributed by atoms with E-state index in [1.165, 1.54) is 39.3 Å². The highest BCUT2D eigenvalue weighted by Crippen LogP contribution is 2.46. The van der Waals surface area contributed by atoms with Crippen LogP contribution in [0.3, 0.4) is 0 Å². The number of nitrogens with zero attached hydrogens (tertiary/aromatic N) is 3. The second kappa shape index (κ2) is 13.9. The number of amides is 1. The molecule has 1 aliphatic heterocycles. The van der Waals surface area contributed by atoms with Crippen molar-refractivity contribution < 1.29 is 24.2 Å². The summed E-state index contributed by atoms with van der Waals surface area (Å²) in [4.78, 5) is 29.1.